The van der Waals surface area contributed by atoms with Crippen molar-refractivity contribution in [3.8, 4) is 0 Å². The number of hydrogen-bond donors (Lipinski definition) is 1. The van der Waals surface area contributed by atoms with Gasteiger partial charge in [0, 0.05) is 43.4 Å². The summed E-state index contributed by atoms with van der Waals surface area (Å²) < 4.78 is 6.86. The van der Waals surface area contributed by atoms with Crippen LogP contribution in [0.25, 0.3) is 0 Å². The standard InChI is InChI=1S/C19H26N2O4/c1-25-19(24)17-13(11-22)15-10-20-14(7-4-8-16(20)23)18(17)21(15)9-12-5-2-3-6-12/h4,7-8,12-13,15,17-18,22H,2-3,5-6,9-11H2,1H3/t13-,15-,17+,18+/m0/s1. The first kappa shape index (κ1) is 16.8. The van der Waals surface area contributed by atoms with Gasteiger partial charge in [0.25, 0.3) is 5.56 Å². The van der Waals surface area contributed by atoms with Crippen molar-refractivity contribution in [3.63, 3.8) is 0 Å². The molecule has 2 fully saturated rings. The van der Waals surface area contributed by atoms with E-state index in [0.29, 0.717) is 12.5 Å². The monoisotopic (exact) mass is 346 g/mol. The van der Waals surface area contributed by atoms with Gasteiger partial charge in [0.15, 0.2) is 0 Å². The first-order valence-corrected chi connectivity index (χ1v) is 9.30. The first-order chi connectivity index (χ1) is 12.2. The second kappa shape index (κ2) is 6.57. The van der Waals surface area contributed by atoms with Gasteiger partial charge in [0.2, 0.25) is 0 Å². The van der Waals surface area contributed by atoms with Crippen LogP contribution in [-0.2, 0) is 16.1 Å². The Hall–Kier alpha value is -1.66. The summed E-state index contributed by atoms with van der Waals surface area (Å²) in [4.78, 5) is 27.3. The van der Waals surface area contributed by atoms with E-state index in [2.05, 4.69) is 4.90 Å². The first-order valence-electron chi connectivity index (χ1n) is 9.30. The van der Waals surface area contributed by atoms with Crippen molar-refractivity contribution < 1.29 is 14.6 Å². The molecule has 0 spiro atoms. The number of fused-ring (bicyclic) bond motifs is 4. The Labute approximate surface area is 147 Å². The van der Waals surface area contributed by atoms with Crippen LogP contribution in [0.15, 0.2) is 23.0 Å². The summed E-state index contributed by atoms with van der Waals surface area (Å²) in [6.07, 6.45) is 5.00. The molecule has 3 aliphatic rings. The summed E-state index contributed by atoms with van der Waals surface area (Å²) in [5, 5.41) is 10.0. The molecule has 6 nitrogen and oxygen atoms in total. The molecule has 4 atom stereocenters. The van der Waals surface area contributed by atoms with Crippen molar-refractivity contribution in [1.29, 1.82) is 0 Å². The molecule has 0 unspecified atom stereocenters. The number of ether oxygens (including phenoxy) is 1. The molecule has 1 aromatic rings. The number of esters is 1. The van der Waals surface area contributed by atoms with Gasteiger partial charge in [-0.05, 0) is 24.8 Å². The van der Waals surface area contributed by atoms with Gasteiger partial charge in [-0.25, -0.2) is 0 Å². The molecule has 1 aromatic heterocycles. The van der Waals surface area contributed by atoms with Gasteiger partial charge < -0.3 is 14.4 Å². The van der Waals surface area contributed by atoms with E-state index in [0.717, 1.165) is 12.2 Å². The van der Waals surface area contributed by atoms with E-state index in [-0.39, 0.29) is 36.1 Å². The van der Waals surface area contributed by atoms with Gasteiger partial charge >= 0.3 is 5.97 Å². The zero-order valence-corrected chi connectivity index (χ0v) is 14.6. The number of carbonyl (C=O) groups is 1. The molecule has 136 valence electrons. The number of aliphatic hydroxyl groups is 1. The average Bonchev–Trinajstić information content (AvgIpc) is 3.19. The molecule has 2 aliphatic heterocycles. The Morgan fingerprint density at radius 2 is 2.08 bits per heavy atom. The molecule has 1 aliphatic carbocycles. The molecule has 3 heterocycles. The van der Waals surface area contributed by atoms with E-state index in [4.69, 9.17) is 4.74 Å². The molecule has 0 radical (unpaired) electrons. The molecule has 1 N–H and O–H groups in total. The Morgan fingerprint density at radius 3 is 2.76 bits per heavy atom. The maximum atomic E-state index is 12.6. The minimum absolute atomic E-state index is 0.00676. The zero-order valence-electron chi connectivity index (χ0n) is 14.6. The number of aliphatic hydroxyl groups excluding tert-OH is 1. The van der Waals surface area contributed by atoms with Crippen LogP contribution in [0.3, 0.4) is 0 Å². The van der Waals surface area contributed by atoms with E-state index in [9.17, 15) is 14.7 Å². The van der Waals surface area contributed by atoms with Crippen LogP contribution in [0.5, 0.6) is 0 Å². The average molecular weight is 346 g/mol. The number of hydrogen-bond acceptors (Lipinski definition) is 5. The molecule has 2 bridgehead atoms. The van der Waals surface area contributed by atoms with Crippen LogP contribution < -0.4 is 5.56 Å². The second-order valence-electron chi connectivity index (χ2n) is 7.65. The highest BCUT2D eigenvalue weighted by Gasteiger charge is 2.56. The third-order valence-corrected chi connectivity index (χ3v) is 6.46. The lowest BCUT2D eigenvalue weighted by atomic mass is 9.87. The molecule has 4 rings (SSSR count). The van der Waals surface area contributed by atoms with Crippen molar-refractivity contribution in [2.24, 2.45) is 17.8 Å². The van der Waals surface area contributed by atoms with E-state index < -0.39 is 5.92 Å². The summed E-state index contributed by atoms with van der Waals surface area (Å²) in [7, 11) is 1.40. The third-order valence-electron chi connectivity index (χ3n) is 6.46. The van der Waals surface area contributed by atoms with Crippen molar-refractivity contribution in [2.45, 2.75) is 44.3 Å². The highest BCUT2D eigenvalue weighted by molar-refractivity contribution is 5.74. The van der Waals surface area contributed by atoms with Crippen LogP contribution in [-0.4, -0.2) is 46.8 Å². The Morgan fingerprint density at radius 1 is 1.32 bits per heavy atom. The quantitative estimate of drug-likeness (QED) is 0.829. The Bertz CT molecular complexity index is 710. The summed E-state index contributed by atoms with van der Waals surface area (Å²) in [6.45, 7) is 1.41. The summed E-state index contributed by atoms with van der Waals surface area (Å²) in [5.41, 5.74) is 0.850. The Kier molecular flexibility index (Phi) is 4.41. The molecule has 0 aromatic carbocycles. The highest BCUT2D eigenvalue weighted by Crippen LogP contribution is 2.49. The van der Waals surface area contributed by atoms with Gasteiger partial charge in [0.05, 0.1) is 19.1 Å². The molecule has 6 heteroatoms. The van der Waals surface area contributed by atoms with E-state index in [1.807, 2.05) is 6.07 Å². The van der Waals surface area contributed by atoms with E-state index in [1.54, 1.807) is 16.7 Å². The molecular weight excluding hydrogens is 320 g/mol. The topological polar surface area (TPSA) is 71.8 Å². The number of methoxy groups -OCH3 is 1. The number of carbonyl (C=O) groups excluding carboxylic acids is 1. The molecule has 0 amide bonds. The fourth-order valence-electron chi connectivity index (χ4n) is 5.32. The van der Waals surface area contributed by atoms with Gasteiger partial charge in [-0.3, -0.25) is 14.5 Å². The SMILES string of the molecule is COC(=O)[C@@H]1[C@@H](CO)[C@@H]2Cn3c(cccc3=O)[C@H]1N2CC1CCCC1. The maximum Gasteiger partial charge on any atom is 0.311 e. The summed E-state index contributed by atoms with van der Waals surface area (Å²) in [5.74, 6) is -0.259. The second-order valence-corrected chi connectivity index (χ2v) is 7.65. The van der Waals surface area contributed by atoms with Gasteiger partial charge in [-0.2, -0.15) is 0 Å². The smallest absolute Gasteiger partial charge is 0.311 e. The fraction of sp³-hybridized carbons (Fsp3) is 0.684. The number of rotatable bonds is 4. The van der Waals surface area contributed by atoms with E-state index in [1.165, 1.54) is 32.8 Å². The van der Waals surface area contributed by atoms with Crippen LogP contribution >= 0.6 is 0 Å². The van der Waals surface area contributed by atoms with Crippen LogP contribution in [0, 0.1) is 17.8 Å². The van der Waals surface area contributed by atoms with Gasteiger partial charge in [-0.15, -0.1) is 0 Å². The van der Waals surface area contributed by atoms with Crippen molar-refractivity contribution in [1.82, 2.24) is 9.47 Å². The lowest BCUT2D eigenvalue weighted by Gasteiger charge is -2.39. The maximum absolute atomic E-state index is 12.6. The molecule has 1 saturated carbocycles. The minimum atomic E-state index is -0.419. The lowest BCUT2D eigenvalue weighted by Crippen LogP contribution is -2.47. The lowest BCUT2D eigenvalue weighted by molar-refractivity contribution is -0.148. The van der Waals surface area contributed by atoms with Gasteiger partial charge in [-0.1, -0.05) is 18.9 Å². The Balaban J connectivity index is 1.78. The predicted octanol–water partition coefficient (Wildman–Crippen LogP) is 1.18. The largest absolute Gasteiger partial charge is 0.469 e. The fourth-order valence-corrected chi connectivity index (χ4v) is 5.32. The highest BCUT2D eigenvalue weighted by atomic mass is 16.5. The normalized spacial score (nSPS) is 31.9. The van der Waals surface area contributed by atoms with Crippen molar-refractivity contribution in [2.75, 3.05) is 20.3 Å². The number of pyridine rings is 1. The van der Waals surface area contributed by atoms with Gasteiger partial charge in [0.1, 0.15) is 0 Å². The summed E-state index contributed by atoms with van der Waals surface area (Å²) >= 11 is 0. The van der Waals surface area contributed by atoms with Crippen LogP contribution in [0.2, 0.25) is 0 Å². The third kappa shape index (κ3) is 2.62. The van der Waals surface area contributed by atoms with Crippen molar-refractivity contribution in [3.05, 3.63) is 34.2 Å². The molecular formula is C19H26N2O4. The molecule has 1 saturated heterocycles. The van der Waals surface area contributed by atoms with E-state index >= 15 is 0 Å². The number of aromatic nitrogens is 1. The summed E-state index contributed by atoms with van der Waals surface area (Å²) in [6, 6.07) is 5.10. The van der Waals surface area contributed by atoms with Crippen molar-refractivity contribution >= 4 is 5.97 Å². The minimum Gasteiger partial charge on any atom is -0.469 e. The zero-order chi connectivity index (χ0) is 17.6. The molecule has 25 heavy (non-hydrogen) atoms. The van der Waals surface area contributed by atoms with Crippen LogP contribution in [0.4, 0.5) is 0 Å². The predicted molar refractivity (Wildman–Crippen MR) is 92.0 cm³/mol. The number of nitrogens with zero attached hydrogens (tertiary/aromatic N) is 2. The van der Waals surface area contributed by atoms with Crippen LogP contribution in [0.1, 0.15) is 37.4 Å².